The SMILES string of the molecule is CN(CCCOC(C(F)(F)F)(C(F)(F)F)C(F)(F)F)CC(=O)N(C)[C@H]1CCC2C3CCc4cc(OCCCSSC[C@H]5CCCN5)ccc4C3CC[C@@]21C. The Morgan fingerprint density at radius 2 is 1.65 bits per heavy atom. The molecule has 0 radical (unpaired) electrons. The highest BCUT2D eigenvalue weighted by molar-refractivity contribution is 8.76. The number of likely N-dealkylation sites (N-methyl/N-ethyl adjacent to an activating group) is 2. The average molecular weight is 822 g/mol. The fourth-order valence-corrected chi connectivity index (χ4v) is 11.9. The zero-order valence-corrected chi connectivity index (χ0v) is 32.6. The van der Waals surface area contributed by atoms with Crippen molar-refractivity contribution in [3.8, 4) is 5.75 Å². The van der Waals surface area contributed by atoms with Crippen LogP contribution in [0.25, 0.3) is 0 Å². The lowest BCUT2D eigenvalue weighted by molar-refractivity contribution is -0.457. The minimum absolute atomic E-state index is 0.0493. The number of hydrogen-bond donors (Lipinski definition) is 1. The normalized spacial score (nSPS) is 27.5. The number of rotatable bonds is 16. The second-order valence-corrected chi connectivity index (χ2v) is 18.3. The van der Waals surface area contributed by atoms with Crippen LogP contribution in [0.15, 0.2) is 18.2 Å². The molecule has 3 aliphatic carbocycles. The molecule has 0 bridgehead atoms. The number of alkyl halides is 9. The monoisotopic (exact) mass is 821 g/mol. The number of ether oxygens (including phenoxy) is 2. The van der Waals surface area contributed by atoms with Crippen LogP contribution in [-0.2, 0) is 16.0 Å². The molecule has 1 aliphatic heterocycles. The molecule has 1 aromatic carbocycles. The molecule has 1 heterocycles. The van der Waals surface area contributed by atoms with Gasteiger partial charge in [0, 0.05) is 43.8 Å². The van der Waals surface area contributed by atoms with Crippen molar-refractivity contribution in [1.82, 2.24) is 15.1 Å². The third kappa shape index (κ3) is 9.25. The lowest BCUT2D eigenvalue weighted by Gasteiger charge is -2.52. The third-order valence-electron chi connectivity index (χ3n) is 12.3. The molecule has 5 rings (SSSR count). The Hall–Kier alpha value is -1.56. The van der Waals surface area contributed by atoms with Crippen LogP contribution in [0.3, 0.4) is 0 Å². The van der Waals surface area contributed by atoms with Gasteiger partial charge >= 0.3 is 24.1 Å². The fourth-order valence-electron chi connectivity index (χ4n) is 9.54. The van der Waals surface area contributed by atoms with Gasteiger partial charge in [-0.1, -0.05) is 34.6 Å². The van der Waals surface area contributed by atoms with Crippen molar-refractivity contribution >= 4 is 27.5 Å². The van der Waals surface area contributed by atoms with Gasteiger partial charge in [-0.2, -0.15) is 39.5 Å². The van der Waals surface area contributed by atoms with Crippen LogP contribution >= 0.6 is 21.6 Å². The van der Waals surface area contributed by atoms with Crippen molar-refractivity contribution in [3.63, 3.8) is 0 Å². The van der Waals surface area contributed by atoms with Crippen molar-refractivity contribution in [3.05, 3.63) is 29.3 Å². The van der Waals surface area contributed by atoms with Crippen LogP contribution in [0.5, 0.6) is 5.75 Å². The Balaban J connectivity index is 1.08. The van der Waals surface area contributed by atoms with Crippen LogP contribution < -0.4 is 10.1 Å². The molecular formula is C37H52F9N3O3S2. The summed E-state index contributed by atoms with van der Waals surface area (Å²) in [6.45, 7) is 2.15. The van der Waals surface area contributed by atoms with Gasteiger partial charge in [0.2, 0.25) is 5.91 Å². The second kappa shape index (κ2) is 17.5. The number of carbonyl (C=O) groups is 1. The number of nitrogens with one attached hydrogen (secondary N) is 1. The van der Waals surface area contributed by atoms with Crippen LogP contribution in [0.1, 0.15) is 81.8 Å². The van der Waals surface area contributed by atoms with Gasteiger partial charge in [-0.3, -0.25) is 9.69 Å². The number of amides is 1. The number of halogens is 9. The number of benzene rings is 1. The van der Waals surface area contributed by atoms with Crippen LogP contribution in [0.4, 0.5) is 39.5 Å². The molecule has 4 aliphatic rings. The van der Waals surface area contributed by atoms with Crippen LogP contribution in [0, 0.1) is 17.3 Å². The lowest BCUT2D eigenvalue weighted by atomic mass is 9.55. The molecular weight excluding hydrogens is 770 g/mol. The summed E-state index contributed by atoms with van der Waals surface area (Å²) in [7, 11) is 7.00. The highest BCUT2D eigenvalue weighted by atomic mass is 33.1. The maximum Gasteiger partial charge on any atom is 0.435 e. The third-order valence-corrected chi connectivity index (χ3v) is 14.8. The molecule has 2 saturated carbocycles. The van der Waals surface area contributed by atoms with E-state index in [4.69, 9.17) is 4.74 Å². The van der Waals surface area contributed by atoms with Crippen LogP contribution in [0.2, 0.25) is 0 Å². The van der Waals surface area contributed by atoms with E-state index in [1.54, 1.807) is 11.9 Å². The van der Waals surface area contributed by atoms with E-state index in [1.165, 1.54) is 35.9 Å². The summed E-state index contributed by atoms with van der Waals surface area (Å²) in [4.78, 5) is 16.5. The molecule has 1 N–H and O–H groups in total. The van der Waals surface area contributed by atoms with E-state index in [2.05, 4.69) is 35.2 Å². The highest BCUT2D eigenvalue weighted by Crippen LogP contribution is 2.62. The van der Waals surface area contributed by atoms with Gasteiger partial charge in [-0.25, -0.2) is 0 Å². The van der Waals surface area contributed by atoms with Crippen molar-refractivity contribution in [2.45, 2.75) is 113 Å². The quantitative estimate of drug-likeness (QED) is 0.102. The first kappa shape index (κ1) is 43.6. The number of nitrogens with zero attached hydrogens (tertiary/aromatic N) is 2. The van der Waals surface area contributed by atoms with Gasteiger partial charge < -0.3 is 19.7 Å². The maximum absolute atomic E-state index is 13.4. The molecule has 1 amide bonds. The van der Waals surface area contributed by atoms with Gasteiger partial charge in [0.05, 0.1) is 13.2 Å². The van der Waals surface area contributed by atoms with E-state index >= 15 is 0 Å². The van der Waals surface area contributed by atoms with Gasteiger partial charge in [-0.15, -0.1) is 0 Å². The Labute approximate surface area is 319 Å². The van der Waals surface area contributed by atoms with E-state index in [-0.39, 0.29) is 30.5 Å². The topological polar surface area (TPSA) is 54.0 Å². The first-order valence-electron chi connectivity index (χ1n) is 18.8. The summed E-state index contributed by atoms with van der Waals surface area (Å²) in [6.07, 6.45) is -11.7. The summed E-state index contributed by atoms with van der Waals surface area (Å²) in [6, 6.07) is 7.14. The smallest absolute Gasteiger partial charge is 0.435 e. The predicted octanol–water partition coefficient (Wildman–Crippen LogP) is 9.04. The minimum atomic E-state index is -6.77. The zero-order chi connectivity index (χ0) is 39.5. The van der Waals surface area contributed by atoms with Gasteiger partial charge in [0.1, 0.15) is 5.75 Å². The second-order valence-electron chi connectivity index (χ2n) is 15.6. The Morgan fingerprint density at radius 1 is 0.926 bits per heavy atom. The van der Waals surface area contributed by atoms with E-state index in [0.717, 1.165) is 68.7 Å². The first-order valence-corrected chi connectivity index (χ1v) is 21.3. The number of fused-ring (bicyclic) bond motifs is 5. The van der Waals surface area contributed by atoms with E-state index in [9.17, 15) is 44.3 Å². The molecule has 3 unspecified atom stereocenters. The highest BCUT2D eigenvalue weighted by Gasteiger charge is 2.85. The molecule has 1 aromatic rings. The Bertz CT molecular complexity index is 1370. The maximum atomic E-state index is 13.4. The number of hydrogen-bond acceptors (Lipinski definition) is 7. The summed E-state index contributed by atoms with van der Waals surface area (Å²) >= 11 is 0. The molecule has 0 aromatic heterocycles. The van der Waals surface area contributed by atoms with Crippen LogP contribution in [-0.4, -0.2) is 110 Å². The van der Waals surface area contributed by atoms with Crippen molar-refractivity contribution in [2.24, 2.45) is 17.3 Å². The molecule has 0 spiro atoms. The predicted molar refractivity (Wildman–Crippen MR) is 193 cm³/mol. The Morgan fingerprint density at radius 3 is 2.31 bits per heavy atom. The van der Waals surface area contributed by atoms with Gasteiger partial charge in [0.15, 0.2) is 0 Å². The molecule has 1 saturated heterocycles. The first-order chi connectivity index (χ1) is 25.3. The summed E-state index contributed by atoms with van der Waals surface area (Å²) in [5.74, 6) is 4.16. The van der Waals surface area contributed by atoms with Gasteiger partial charge in [-0.05, 0) is 124 Å². The van der Waals surface area contributed by atoms with E-state index in [0.29, 0.717) is 30.4 Å². The lowest BCUT2D eigenvalue weighted by Crippen LogP contribution is -2.67. The van der Waals surface area contributed by atoms with Crippen molar-refractivity contribution < 1.29 is 53.8 Å². The zero-order valence-electron chi connectivity index (χ0n) is 31.0. The Kier molecular flexibility index (Phi) is 14.1. The van der Waals surface area contributed by atoms with E-state index < -0.39 is 37.2 Å². The largest absolute Gasteiger partial charge is 0.494 e. The standard InChI is InChI=1S/C37H52F9N3O3S2/c1-33-15-14-28-27-11-9-26(51-18-6-20-53-54-23-25-7-4-16-47-25)21-24(27)8-10-29(28)30(33)12-13-31(33)49(3)32(50)22-48(2)17-5-19-52-34(35(38,39)40,36(41,42)43)37(44,45)46/h9,11,21,25,28-31,47H,4-8,10,12-20,22-23H2,1-3H3/t25-,28?,29?,30?,31+,33+/m1/s1. The molecule has 6 nitrogen and oxygen atoms in total. The number of aryl methyl sites for hydroxylation is 1. The molecule has 54 heavy (non-hydrogen) atoms. The van der Waals surface area contributed by atoms with Crippen molar-refractivity contribution in [2.75, 3.05) is 58.4 Å². The van der Waals surface area contributed by atoms with Gasteiger partial charge in [0.25, 0.3) is 0 Å². The molecule has 17 heteroatoms. The minimum Gasteiger partial charge on any atom is -0.494 e. The summed E-state index contributed by atoms with van der Waals surface area (Å²) in [5.41, 5.74) is -3.68. The number of carbonyl (C=O) groups excluding carboxylic acids is 1. The van der Waals surface area contributed by atoms with Crippen molar-refractivity contribution in [1.29, 1.82) is 0 Å². The van der Waals surface area contributed by atoms with E-state index in [1.807, 2.05) is 21.6 Å². The molecule has 6 atom stereocenters. The molecule has 308 valence electrons. The fraction of sp³-hybridized carbons (Fsp3) is 0.811. The average Bonchev–Trinajstić information content (AvgIpc) is 3.73. The summed E-state index contributed by atoms with van der Waals surface area (Å²) in [5, 5.41) is 3.53. The molecule has 3 fully saturated rings. The summed E-state index contributed by atoms with van der Waals surface area (Å²) < 4.78 is 128.